The number of benzene rings is 2. The molecular formula is C18H13ClF3N3O3. The fourth-order valence-corrected chi connectivity index (χ4v) is 3.04. The molecule has 146 valence electrons. The SMILES string of the molecule is O=C(Cn1c(C(F)(F)F)nc2cc3c(cc21)OCCO3)Nc1ccc(Cl)cc1. The van der Waals surface area contributed by atoms with E-state index in [1.54, 1.807) is 24.3 Å². The molecule has 0 radical (unpaired) electrons. The molecule has 4 rings (SSSR count). The molecule has 10 heteroatoms. The van der Waals surface area contributed by atoms with E-state index in [2.05, 4.69) is 10.3 Å². The van der Waals surface area contributed by atoms with Gasteiger partial charge in [-0.1, -0.05) is 11.6 Å². The summed E-state index contributed by atoms with van der Waals surface area (Å²) < 4.78 is 52.1. The normalized spacial score (nSPS) is 13.6. The maximum atomic E-state index is 13.5. The zero-order valence-electron chi connectivity index (χ0n) is 14.2. The number of rotatable bonds is 3. The summed E-state index contributed by atoms with van der Waals surface area (Å²) in [5.74, 6) is -1.17. The quantitative estimate of drug-likeness (QED) is 0.704. The molecule has 0 spiro atoms. The van der Waals surface area contributed by atoms with Crippen molar-refractivity contribution >= 4 is 34.2 Å². The molecule has 0 atom stereocenters. The van der Waals surface area contributed by atoms with Crippen LogP contribution in [0.3, 0.4) is 0 Å². The lowest BCUT2D eigenvalue weighted by Gasteiger charge is -2.18. The Morgan fingerprint density at radius 1 is 1.14 bits per heavy atom. The Hall–Kier alpha value is -2.94. The van der Waals surface area contributed by atoms with E-state index in [1.165, 1.54) is 12.1 Å². The summed E-state index contributed by atoms with van der Waals surface area (Å²) in [5, 5.41) is 3.02. The maximum absolute atomic E-state index is 13.5. The molecule has 0 unspecified atom stereocenters. The van der Waals surface area contributed by atoms with E-state index in [1.807, 2.05) is 0 Å². The van der Waals surface area contributed by atoms with Crippen molar-refractivity contribution in [3.63, 3.8) is 0 Å². The molecule has 1 aliphatic heterocycles. The molecule has 28 heavy (non-hydrogen) atoms. The van der Waals surface area contributed by atoms with E-state index in [-0.39, 0.29) is 17.6 Å². The van der Waals surface area contributed by atoms with Crippen molar-refractivity contribution in [1.82, 2.24) is 9.55 Å². The minimum atomic E-state index is -4.73. The van der Waals surface area contributed by atoms with Gasteiger partial charge in [0.1, 0.15) is 19.8 Å². The molecule has 1 aliphatic rings. The van der Waals surface area contributed by atoms with Crippen LogP contribution >= 0.6 is 11.6 Å². The molecule has 2 aromatic carbocycles. The van der Waals surface area contributed by atoms with Crippen molar-refractivity contribution in [2.75, 3.05) is 18.5 Å². The zero-order chi connectivity index (χ0) is 19.9. The Labute approximate surface area is 161 Å². The number of hydrogen-bond acceptors (Lipinski definition) is 4. The standard InChI is InChI=1S/C18H13ClF3N3O3/c19-10-1-3-11(4-2-10)23-16(26)9-25-13-8-15-14(27-5-6-28-15)7-12(13)24-17(25)18(20,21)22/h1-4,7-8H,5-6,9H2,(H,23,26). The van der Waals surface area contributed by atoms with Gasteiger partial charge in [-0.05, 0) is 24.3 Å². The Morgan fingerprint density at radius 2 is 1.79 bits per heavy atom. The smallest absolute Gasteiger partial charge is 0.449 e. The summed E-state index contributed by atoms with van der Waals surface area (Å²) >= 11 is 5.79. The van der Waals surface area contributed by atoms with Gasteiger partial charge in [-0.15, -0.1) is 0 Å². The van der Waals surface area contributed by atoms with Crippen LogP contribution < -0.4 is 14.8 Å². The fourth-order valence-electron chi connectivity index (χ4n) is 2.92. The highest BCUT2D eigenvalue weighted by Crippen LogP contribution is 2.38. The topological polar surface area (TPSA) is 65.4 Å². The molecule has 0 fully saturated rings. The van der Waals surface area contributed by atoms with Gasteiger partial charge in [0.15, 0.2) is 11.5 Å². The number of nitrogens with zero attached hydrogens (tertiary/aromatic N) is 2. The summed E-state index contributed by atoms with van der Waals surface area (Å²) in [6, 6.07) is 9.02. The van der Waals surface area contributed by atoms with Gasteiger partial charge in [0, 0.05) is 22.8 Å². The third-order valence-corrected chi connectivity index (χ3v) is 4.35. The number of carbonyl (C=O) groups is 1. The molecule has 0 bridgehead atoms. The fraction of sp³-hybridized carbons (Fsp3) is 0.222. The molecule has 0 saturated carbocycles. The summed E-state index contributed by atoms with van der Waals surface area (Å²) in [6.45, 7) is 0.0122. The highest BCUT2D eigenvalue weighted by molar-refractivity contribution is 6.30. The van der Waals surface area contributed by atoms with Crippen molar-refractivity contribution < 1.29 is 27.4 Å². The van der Waals surface area contributed by atoms with Crippen LogP contribution in [0.4, 0.5) is 18.9 Å². The average molecular weight is 412 g/mol. The molecule has 1 N–H and O–H groups in total. The van der Waals surface area contributed by atoms with Gasteiger partial charge >= 0.3 is 6.18 Å². The molecule has 2 heterocycles. The second kappa shape index (κ2) is 6.90. The number of carbonyl (C=O) groups excluding carboxylic acids is 1. The number of hydrogen-bond donors (Lipinski definition) is 1. The average Bonchev–Trinajstić information content (AvgIpc) is 2.99. The van der Waals surface area contributed by atoms with E-state index in [0.717, 1.165) is 4.57 Å². The number of ether oxygens (including phenoxy) is 2. The lowest BCUT2D eigenvalue weighted by Crippen LogP contribution is -2.23. The van der Waals surface area contributed by atoms with Crippen LogP contribution in [-0.4, -0.2) is 28.7 Å². The maximum Gasteiger partial charge on any atom is 0.449 e. The monoisotopic (exact) mass is 411 g/mol. The van der Waals surface area contributed by atoms with Crippen LogP contribution in [0.25, 0.3) is 11.0 Å². The van der Waals surface area contributed by atoms with Gasteiger partial charge in [0.2, 0.25) is 11.7 Å². The summed E-state index contributed by atoms with van der Waals surface area (Å²) in [6.07, 6.45) is -4.73. The highest BCUT2D eigenvalue weighted by atomic mass is 35.5. The Balaban J connectivity index is 1.71. The van der Waals surface area contributed by atoms with Crippen LogP contribution in [0.15, 0.2) is 36.4 Å². The molecule has 1 amide bonds. The summed E-state index contributed by atoms with van der Waals surface area (Å²) in [5.41, 5.74) is 0.611. The van der Waals surface area contributed by atoms with Gasteiger partial charge in [-0.3, -0.25) is 4.79 Å². The first-order valence-electron chi connectivity index (χ1n) is 8.24. The van der Waals surface area contributed by atoms with E-state index in [4.69, 9.17) is 21.1 Å². The van der Waals surface area contributed by atoms with Crippen LogP contribution in [0.1, 0.15) is 5.82 Å². The molecule has 0 saturated heterocycles. The zero-order valence-corrected chi connectivity index (χ0v) is 15.0. The number of aromatic nitrogens is 2. The van der Waals surface area contributed by atoms with Crippen molar-refractivity contribution in [2.24, 2.45) is 0 Å². The Bertz CT molecular complexity index is 1050. The molecular weight excluding hydrogens is 399 g/mol. The third-order valence-electron chi connectivity index (χ3n) is 4.10. The summed E-state index contributed by atoms with van der Waals surface area (Å²) in [4.78, 5) is 16.0. The van der Waals surface area contributed by atoms with E-state index >= 15 is 0 Å². The predicted octanol–water partition coefficient (Wildman–Crippen LogP) is 4.12. The van der Waals surface area contributed by atoms with Crippen molar-refractivity contribution in [3.8, 4) is 11.5 Å². The number of fused-ring (bicyclic) bond motifs is 2. The minimum absolute atomic E-state index is 0.0656. The van der Waals surface area contributed by atoms with Gasteiger partial charge in [-0.25, -0.2) is 4.98 Å². The van der Waals surface area contributed by atoms with Gasteiger partial charge in [0.05, 0.1) is 11.0 Å². The highest BCUT2D eigenvalue weighted by Gasteiger charge is 2.38. The molecule has 0 aliphatic carbocycles. The largest absolute Gasteiger partial charge is 0.486 e. The van der Waals surface area contributed by atoms with Crippen LogP contribution in [0, 0.1) is 0 Å². The number of nitrogens with one attached hydrogen (secondary N) is 1. The lowest BCUT2D eigenvalue weighted by molar-refractivity contribution is -0.147. The van der Waals surface area contributed by atoms with Gasteiger partial charge < -0.3 is 19.4 Å². The first kappa shape index (κ1) is 18.4. The van der Waals surface area contributed by atoms with Crippen molar-refractivity contribution in [3.05, 3.63) is 47.2 Å². The van der Waals surface area contributed by atoms with E-state index < -0.39 is 24.5 Å². The number of anilines is 1. The third kappa shape index (κ3) is 3.57. The molecule has 6 nitrogen and oxygen atoms in total. The van der Waals surface area contributed by atoms with Gasteiger partial charge in [-0.2, -0.15) is 13.2 Å². The first-order valence-corrected chi connectivity index (χ1v) is 8.61. The van der Waals surface area contributed by atoms with Crippen molar-refractivity contribution in [2.45, 2.75) is 12.7 Å². The Morgan fingerprint density at radius 3 is 2.43 bits per heavy atom. The van der Waals surface area contributed by atoms with Crippen LogP contribution in [-0.2, 0) is 17.5 Å². The van der Waals surface area contributed by atoms with Crippen LogP contribution in [0.2, 0.25) is 5.02 Å². The number of amides is 1. The van der Waals surface area contributed by atoms with E-state index in [0.29, 0.717) is 28.8 Å². The minimum Gasteiger partial charge on any atom is -0.486 e. The number of imidazole rings is 1. The van der Waals surface area contributed by atoms with Crippen molar-refractivity contribution in [1.29, 1.82) is 0 Å². The number of alkyl halides is 3. The first-order chi connectivity index (χ1) is 13.3. The van der Waals surface area contributed by atoms with Gasteiger partial charge in [0.25, 0.3) is 0 Å². The Kier molecular flexibility index (Phi) is 4.54. The van der Waals surface area contributed by atoms with E-state index in [9.17, 15) is 18.0 Å². The number of halogens is 4. The second-order valence-corrected chi connectivity index (χ2v) is 6.50. The molecule has 3 aromatic rings. The molecule has 1 aromatic heterocycles. The summed E-state index contributed by atoms with van der Waals surface area (Å²) in [7, 11) is 0. The predicted molar refractivity (Wildman–Crippen MR) is 95.8 cm³/mol. The van der Waals surface area contributed by atoms with Crippen LogP contribution in [0.5, 0.6) is 11.5 Å². The second-order valence-electron chi connectivity index (χ2n) is 6.06. The lowest BCUT2D eigenvalue weighted by atomic mass is 10.2.